The number of carboxylic acids is 1. The number of rotatable bonds is 5. The number of aliphatic hydroxyl groups excluding tert-OH is 1. The Bertz CT molecular complexity index is 1070. The van der Waals surface area contributed by atoms with Crippen molar-refractivity contribution >= 4 is 23.9 Å². The predicted molar refractivity (Wildman–Crippen MR) is 116 cm³/mol. The van der Waals surface area contributed by atoms with Crippen LogP contribution < -0.4 is 5.32 Å². The molecular weight excluding hydrogens is 401 g/mol. The zero-order valence-electron chi connectivity index (χ0n) is 17.1. The molecule has 8 heteroatoms. The molecule has 0 fully saturated rings. The van der Waals surface area contributed by atoms with Crippen LogP contribution in [0.4, 0.5) is 4.39 Å². The van der Waals surface area contributed by atoms with Gasteiger partial charge in [0.25, 0.3) is 5.91 Å². The largest absolute Gasteiger partial charge is 0.505 e. The molecule has 1 heterocycles. The molecular formula is C23H22FN3O4. The molecule has 3 N–H and O–H groups in total. The quantitative estimate of drug-likeness (QED) is 0.506. The van der Waals surface area contributed by atoms with Crippen molar-refractivity contribution in [1.29, 1.82) is 0 Å². The Morgan fingerprint density at radius 3 is 2.45 bits per heavy atom. The van der Waals surface area contributed by atoms with Crippen LogP contribution >= 0.6 is 0 Å². The lowest BCUT2D eigenvalue weighted by Crippen LogP contribution is -2.38. The van der Waals surface area contributed by atoms with Crippen LogP contribution in [0.2, 0.25) is 0 Å². The SMILES string of the molecule is C#CC.C/C=N\N1Cc2c(cccc2-c2ccc(F)cc2)C(O)=C1C(=O)NCC(=O)O. The van der Waals surface area contributed by atoms with E-state index in [0.717, 1.165) is 11.1 Å². The molecule has 0 unspecified atom stereocenters. The van der Waals surface area contributed by atoms with Crippen molar-refractivity contribution in [2.75, 3.05) is 6.54 Å². The summed E-state index contributed by atoms with van der Waals surface area (Å²) in [7, 11) is 0. The summed E-state index contributed by atoms with van der Waals surface area (Å²) in [5.74, 6) is -0.360. The van der Waals surface area contributed by atoms with E-state index in [-0.39, 0.29) is 23.8 Å². The van der Waals surface area contributed by atoms with E-state index in [9.17, 15) is 19.1 Å². The highest BCUT2D eigenvalue weighted by atomic mass is 19.1. The summed E-state index contributed by atoms with van der Waals surface area (Å²) in [5.41, 5.74) is 2.54. The number of benzene rings is 2. The smallest absolute Gasteiger partial charge is 0.322 e. The van der Waals surface area contributed by atoms with E-state index in [4.69, 9.17) is 5.11 Å². The highest BCUT2D eigenvalue weighted by Crippen LogP contribution is 2.36. The topological polar surface area (TPSA) is 102 Å². The molecule has 0 atom stereocenters. The van der Waals surface area contributed by atoms with Crippen LogP contribution in [0, 0.1) is 18.2 Å². The van der Waals surface area contributed by atoms with E-state index in [0.29, 0.717) is 11.1 Å². The number of amides is 1. The van der Waals surface area contributed by atoms with Gasteiger partial charge in [0, 0.05) is 11.8 Å². The third-order valence-electron chi connectivity index (χ3n) is 4.25. The monoisotopic (exact) mass is 423 g/mol. The summed E-state index contributed by atoms with van der Waals surface area (Å²) in [6.07, 6.45) is 6.06. The number of fused-ring (bicyclic) bond motifs is 1. The van der Waals surface area contributed by atoms with Crippen LogP contribution in [-0.2, 0) is 16.1 Å². The highest BCUT2D eigenvalue weighted by molar-refractivity contribution is 6.01. The zero-order valence-corrected chi connectivity index (χ0v) is 17.1. The van der Waals surface area contributed by atoms with Gasteiger partial charge in [0.05, 0.1) is 6.54 Å². The van der Waals surface area contributed by atoms with Crippen LogP contribution in [0.5, 0.6) is 0 Å². The van der Waals surface area contributed by atoms with Gasteiger partial charge >= 0.3 is 5.97 Å². The van der Waals surface area contributed by atoms with Gasteiger partial charge in [0.2, 0.25) is 0 Å². The maximum atomic E-state index is 13.3. The predicted octanol–water partition coefficient (Wildman–Crippen LogP) is 3.38. The van der Waals surface area contributed by atoms with Gasteiger partial charge in [-0.2, -0.15) is 5.10 Å². The summed E-state index contributed by atoms with van der Waals surface area (Å²) < 4.78 is 13.3. The van der Waals surface area contributed by atoms with Crippen LogP contribution in [-0.4, -0.2) is 39.9 Å². The Kier molecular flexibility index (Phi) is 7.92. The van der Waals surface area contributed by atoms with E-state index in [1.165, 1.54) is 23.4 Å². The number of hydrogen-bond donors (Lipinski definition) is 3. The third-order valence-corrected chi connectivity index (χ3v) is 4.25. The van der Waals surface area contributed by atoms with Crippen molar-refractivity contribution in [2.24, 2.45) is 5.10 Å². The van der Waals surface area contributed by atoms with Crippen molar-refractivity contribution in [1.82, 2.24) is 10.3 Å². The lowest BCUT2D eigenvalue weighted by atomic mass is 9.91. The van der Waals surface area contributed by atoms with Crippen molar-refractivity contribution in [3.8, 4) is 23.5 Å². The number of terminal acetylenes is 1. The lowest BCUT2D eigenvalue weighted by molar-refractivity contribution is -0.137. The second kappa shape index (κ2) is 10.6. The van der Waals surface area contributed by atoms with Gasteiger partial charge in [-0.05, 0) is 42.7 Å². The summed E-state index contributed by atoms with van der Waals surface area (Å²) in [6, 6.07) is 11.2. The first-order valence-corrected chi connectivity index (χ1v) is 9.28. The summed E-state index contributed by atoms with van der Waals surface area (Å²) in [6.45, 7) is 2.90. The number of hydrogen-bond acceptors (Lipinski definition) is 5. The zero-order chi connectivity index (χ0) is 23.0. The van der Waals surface area contributed by atoms with Gasteiger partial charge in [-0.15, -0.1) is 12.3 Å². The van der Waals surface area contributed by atoms with Gasteiger partial charge in [-0.3, -0.25) is 14.6 Å². The van der Waals surface area contributed by atoms with Gasteiger partial charge in [-0.1, -0.05) is 30.3 Å². The van der Waals surface area contributed by atoms with E-state index >= 15 is 0 Å². The average molecular weight is 423 g/mol. The molecule has 1 aliphatic heterocycles. The summed E-state index contributed by atoms with van der Waals surface area (Å²) in [5, 5.41) is 27.2. The number of nitrogens with one attached hydrogen (secondary N) is 1. The van der Waals surface area contributed by atoms with Crippen LogP contribution in [0.15, 0.2) is 53.3 Å². The molecule has 0 spiro atoms. The fourth-order valence-electron chi connectivity index (χ4n) is 3.06. The molecule has 3 rings (SSSR count). The third kappa shape index (κ3) is 5.48. The summed E-state index contributed by atoms with van der Waals surface area (Å²) in [4.78, 5) is 23.2. The van der Waals surface area contributed by atoms with E-state index in [1.54, 1.807) is 38.1 Å². The molecule has 2 aromatic carbocycles. The van der Waals surface area contributed by atoms with Crippen molar-refractivity contribution in [2.45, 2.75) is 20.4 Å². The van der Waals surface area contributed by atoms with E-state index in [1.807, 2.05) is 6.07 Å². The minimum absolute atomic E-state index is 0.136. The number of nitrogens with zero attached hydrogens (tertiary/aromatic N) is 2. The molecule has 0 saturated heterocycles. The molecule has 0 bridgehead atoms. The van der Waals surface area contributed by atoms with Crippen molar-refractivity contribution in [3.05, 3.63) is 65.1 Å². The number of hydrazone groups is 1. The molecule has 0 aromatic heterocycles. The standard InChI is InChI=1S/C20H18FN3O4.C3H4/c1-2-23-24-11-16-14(12-6-8-13(21)9-7-12)4-3-5-15(16)19(27)18(24)20(28)22-10-17(25)26;1-3-2/h2-9,27H,10-11H2,1H3,(H,22,28)(H,25,26);1H,2H3/b23-2-;. The number of carboxylic acid groups (broad SMARTS) is 1. The molecule has 1 aliphatic rings. The van der Waals surface area contributed by atoms with E-state index in [2.05, 4.69) is 22.8 Å². The molecule has 160 valence electrons. The van der Waals surface area contributed by atoms with Gasteiger partial charge < -0.3 is 15.5 Å². The highest BCUT2D eigenvalue weighted by Gasteiger charge is 2.31. The molecule has 0 radical (unpaired) electrons. The summed E-state index contributed by atoms with van der Waals surface area (Å²) >= 11 is 0. The normalized spacial score (nSPS) is 12.5. The van der Waals surface area contributed by atoms with Crippen LogP contribution in [0.3, 0.4) is 0 Å². The van der Waals surface area contributed by atoms with Gasteiger partial charge in [0.1, 0.15) is 12.4 Å². The number of carbonyl (C=O) groups excluding carboxylic acids is 1. The fourth-order valence-corrected chi connectivity index (χ4v) is 3.06. The number of aliphatic carboxylic acids is 1. The number of halogens is 1. The molecule has 0 aliphatic carbocycles. The second-order valence-electron chi connectivity index (χ2n) is 6.33. The number of carbonyl (C=O) groups is 2. The maximum absolute atomic E-state index is 13.3. The van der Waals surface area contributed by atoms with Crippen LogP contribution in [0.25, 0.3) is 16.9 Å². The first-order valence-electron chi connectivity index (χ1n) is 9.28. The molecule has 31 heavy (non-hydrogen) atoms. The Balaban J connectivity index is 0.00000107. The van der Waals surface area contributed by atoms with Crippen molar-refractivity contribution in [3.63, 3.8) is 0 Å². The lowest BCUT2D eigenvalue weighted by Gasteiger charge is -2.29. The minimum Gasteiger partial charge on any atom is -0.505 e. The van der Waals surface area contributed by atoms with Gasteiger partial charge in [-0.25, -0.2) is 4.39 Å². The Labute approximate surface area is 179 Å². The molecule has 7 nitrogen and oxygen atoms in total. The maximum Gasteiger partial charge on any atom is 0.322 e. The minimum atomic E-state index is -1.20. The fraction of sp³-hybridized carbons (Fsp3) is 0.174. The Hall–Kier alpha value is -4.12. The Morgan fingerprint density at radius 1 is 1.26 bits per heavy atom. The van der Waals surface area contributed by atoms with Gasteiger partial charge in [0.15, 0.2) is 11.5 Å². The molecule has 0 saturated carbocycles. The number of aliphatic hydroxyl groups is 1. The Morgan fingerprint density at radius 2 is 1.87 bits per heavy atom. The second-order valence-corrected chi connectivity index (χ2v) is 6.33. The van der Waals surface area contributed by atoms with Crippen molar-refractivity contribution < 1.29 is 24.2 Å². The first-order chi connectivity index (χ1) is 14.8. The average Bonchev–Trinajstić information content (AvgIpc) is 2.73. The molecule has 2 aromatic rings. The first kappa shape index (κ1) is 23.2. The molecule has 1 amide bonds. The van der Waals surface area contributed by atoms with Crippen LogP contribution in [0.1, 0.15) is 25.0 Å². The van der Waals surface area contributed by atoms with E-state index < -0.39 is 18.4 Å².